The van der Waals surface area contributed by atoms with E-state index in [0.29, 0.717) is 12.1 Å². The van der Waals surface area contributed by atoms with Gasteiger partial charge in [0.15, 0.2) is 10.8 Å². The highest BCUT2D eigenvalue weighted by Crippen LogP contribution is 2.27. The zero-order chi connectivity index (χ0) is 20.4. The van der Waals surface area contributed by atoms with Gasteiger partial charge in [0.25, 0.3) is 0 Å². The molecule has 2 aromatic heterocycles. The largest absolute Gasteiger partial charge is 0.360 e. The van der Waals surface area contributed by atoms with Crippen molar-refractivity contribution in [3.63, 3.8) is 0 Å². The minimum Gasteiger partial charge on any atom is -0.360 e. The molecule has 1 aromatic carbocycles. The first-order valence-corrected chi connectivity index (χ1v) is 11.1. The summed E-state index contributed by atoms with van der Waals surface area (Å²) in [6.07, 6.45) is 7.29. The minimum absolute atomic E-state index is 0.364. The predicted molar refractivity (Wildman–Crippen MR) is 121 cm³/mol. The molecule has 0 bridgehead atoms. The van der Waals surface area contributed by atoms with Gasteiger partial charge in [-0.1, -0.05) is 37.8 Å². The van der Waals surface area contributed by atoms with Crippen LogP contribution in [0.2, 0.25) is 0 Å². The summed E-state index contributed by atoms with van der Waals surface area (Å²) in [7, 11) is 0. The standard InChI is InChI=1S/C22H30N6S/c1-4-16(3)23-22(29)27(19-8-6-5-7-9-19)14-18-13-17-12-15(2)10-11-20(17)28-21(18)24-25-26-28/h10-13,16,19H,4-9,14H2,1-3H3,(H,23,29)/t16-/m1/s1. The van der Waals surface area contributed by atoms with Gasteiger partial charge in [-0.3, -0.25) is 0 Å². The fourth-order valence-electron chi connectivity index (χ4n) is 4.24. The van der Waals surface area contributed by atoms with Gasteiger partial charge in [-0.2, -0.15) is 4.52 Å². The van der Waals surface area contributed by atoms with Crippen LogP contribution in [0.3, 0.4) is 0 Å². The molecule has 7 heteroatoms. The number of hydrogen-bond acceptors (Lipinski definition) is 4. The molecule has 1 N–H and O–H groups in total. The first-order chi connectivity index (χ1) is 14.1. The lowest BCUT2D eigenvalue weighted by Crippen LogP contribution is -2.48. The number of pyridine rings is 1. The average Bonchev–Trinajstić information content (AvgIpc) is 3.22. The van der Waals surface area contributed by atoms with Crippen molar-refractivity contribution in [2.75, 3.05) is 0 Å². The van der Waals surface area contributed by atoms with Gasteiger partial charge in [-0.05, 0) is 74.0 Å². The molecule has 0 radical (unpaired) electrons. The van der Waals surface area contributed by atoms with Gasteiger partial charge < -0.3 is 10.2 Å². The van der Waals surface area contributed by atoms with Crippen LogP contribution in [-0.2, 0) is 6.54 Å². The van der Waals surface area contributed by atoms with E-state index in [9.17, 15) is 0 Å². The molecule has 1 aliphatic carbocycles. The van der Waals surface area contributed by atoms with E-state index in [-0.39, 0.29) is 0 Å². The minimum atomic E-state index is 0.364. The molecule has 6 nitrogen and oxygen atoms in total. The number of nitrogens with one attached hydrogen (secondary N) is 1. The number of tetrazole rings is 1. The molecule has 3 aromatic rings. The van der Waals surface area contributed by atoms with Gasteiger partial charge in [0.2, 0.25) is 0 Å². The lowest BCUT2D eigenvalue weighted by Gasteiger charge is -2.37. The molecule has 0 aliphatic heterocycles. The van der Waals surface area contributed by atoms with Gasteiger partial charge in [0.05, 0.1) is 5.52 Å². The van der Waals surface area contributed by atoms with Gasteiger partial charge in [-0.15, -0.1) is 5.10 Å². The van der Waals surface area contributed by atoms with Gasteiger partial charge in [-0.25, -0.2) is 0 Å². The van der Waals surface area contributed by atoms with E-state index in [1.807, 2.05) is 4.52 Å². The maximum absolute atomic E-state index is 5.87. The summed E-state index contributed by atoms with van der Waals surface area (Å²) >= 11 is 5.87. The van der Waals surface area contributed by atoms with Crippen LogP contribution in [-0.4, -0.2) is 42.1 Å². The molecule has 0 spiro atoms. The van der Waals surface area contributed by atoms with Gasteiger partial charge in [0.1, 0.15) is 0 Å². The van der Waals surface area contributed by atoms with E-state index in [2.05, 4.69) is 70.8 Å². The van der Waals surface area contributed by atoms with Crippen LogP contribution in [0.1, 0.15) is 63.5 Å². The van der Waals surface area contributed by atoms with Crippen molar-refractivity contribution in [1.29, 1.82) is 0 Å². The summed E-state index contributed by atoms with van der Waals surface area (Å²) < 4.78 is 1.86. The number of rotatable bonds is 5. The molecule has 0 saturated heterocycles. The van der Waals surface area contributed by atoms with Crippen LogP contribution < -0.4 is 5.32 Å². The number of fused-ring (bicyclic) bond motifs is 3. The van der Waals surface area contributed by atoms with E-state index >= 15 is 0 Å². The Morgan fingerprint density at radius 2 is 2.07 bits per heavy atom. The maximum Gasteiger partial charge on any atom is 0.184 e. The number of aryl methyl sites for hydroxylation is 1. The predicted octanol–water partition coefficient (Wildman–Crippen LogP) is 4.39. The summed E-state index contributed by atoms with van der Waals surface area (Å²) in [5.74, 6) is 0. The lowest BCUT2D eigenvalue weighted by molar-refractivity contribution is 0.233. The van der Waals surface area contributed by atoms with Crippen LogP contribution in [0.25, 0.3) is 16.6 Å². The Morgan fingerprint density at radius 1 is 1.28 bits per heavy atom. The third-order valence-electron chi connectivity index (χ3n) is 6.10. The van der Waals surface area contributed by atoms with E-state index in [1.54, 1.807) is 0 Å². The Hall–Kier alpha value is -2.28. The number of benzene rings is 1. The molecule has 154 valence electrons. The monoisotopic (exact) mass is 410 g/mol. The van der Waals surface area contributed by atoms with Crippen molar-refractivity contribution in [1.82, 2.24) is 30.3 Å². The number of nitrogens with zero attached hydrogens (tertiary/aromatic N) is 5. The van der Waals surface area contributed by atoms with Crippen molar-refractivity contribution in [3.8, 4) is 0 Å². The van der Waals surface area contributed by atoms with Crippen LogP contribution in [0.4, 0.5) is 0 Å². The smallest absolute Gasteiger partial charge is 0.184 e. The number of aromatic nitrogens is 4. The second kappa shape index (κ2) is 8.61. The molecule has 0 unspecified atom stereocenters. The summed E-state index contributed by atoms with van der Waals surface area (Å²) in [6.45, 7) is 7.20. The summed E-state index contributed by atoms with van der Waals surface area (Å²) in [5.41, 5.74) is 4.19. The summed E-state index contributed by atoms with van der Waals surface area (Å²) in [5, 5.41) is 18.1. The van der Waals surface area contributed by atoms with Crippen molar-refractivity contribution >= 4 is 33.9 Å². The highest BCUT2D eigenvalue weighted by Gasteiger charge is 2.25. The SMILES string of the molecule is CC[C@@H](C)NC(=S)N(Cc1cc2cc(C)ccc2n2nnnc12)C1CCCCC1. The third kappa shape index (κ3) is 4.20. The molecule has 4 rings (SSSR count). The van der Waals surface area contributed by atoms with Crippen LogP contribution in [0.5, 0.6) is 0 Å². The Balaban J connectivity index is 1.72. The van der Waals surface area contributed by atoms with Crippen LogP contribution in [0.15, 0.2) is 24.3 Å². The Morgan fingerprint density at radius 3 is 2.83 bits per heavy atom. The third-order valence-corrected chi connectivity index (χ3v) is 6.45. The molecule has 1 saturated carbocycles. The number of hydrogen-bond donors (Lipinski definition) is 1. The van der Waals surface area contributed by atoms with Crippen LogP contribution >= 0.6 is 12.2 Å². The van der Waals surface area contributed by atoms with E-state index < -0.39 is 0 Å². The Labute approximate surface area is 177 Å². The molecule has 1 aliphatic rings. The molecular formula is C22H30N6S. The summed E-state index contributed by atoms with van der Waals surface area (Å²) in [6, 6.07) is 9.45. The highest BCUT2D eigenvalue weighted by atomic mass is 32.1. The van der Waals surface area contributed by atoms with Crippen molar-refractivity contribution in [2.45, 2.75) is 77.9 Å². The molecule has 2 heterocycles. The van der Waals surface area contributed by atoms with E-state index in [4.69, 9.17) is 12.2 Å². The maximum atomic E-state index is 5.87. The highest BCUT2D eigenvalue weighted by molar-refractivity contribution is 7.80. The van der Waals surface area contributed by atoms with Gasteiger partial charge in [0, 0.05) is 29.6 Å². The number of thiocarbonyl (C=S) groups is 1. The Bertz CT molecular complexity index is 1010. The second-order valence-corrected chi connectivity index (χ2v) is 8.71. The second-order valence-electron chi connectivity index (χ2n) is 8.32. The fourth-order valence-corrected chi connectivity index (χ4v) is 4.65. The first-order valence-electron chi connectivity index (χ1n) is 10.7. The lowest BCUT2D eigenvalue weighted by atomic mass is 9.94. The molecule has 0 amide bonds. The normalized spacial score (nSPS) is 16.2. The fraction of sp³-hybridized carbons (Fsp3) is 0.545. The molecular weight excluding hydrogens is 380 g/mol. The zero-order valence-corrected chi connectivity index (χ0v) is 18.4. The van der Waals surface area contributed by atoms with Crippen molar-refractivity contribution in [2.24, 2.45) is 0 Å². The van der Waals surface area contributed by atoms with Gasteiger partial charge >= 0.3 is 0 Å². The average molecular weight is 411 g/mol. The van der Waals surface area contributed by atoms with Crippen molar-refractivity contribution in [3.05, 3.63) is 35.4 Å². The molecule has 29 heavy (non-hydrogen) atoms. The zero-order valence-electron chi connectivity index (χ0n) is 17.6. The topological polar surface area (TPSA) is 58.4 Å². The van der Waals surface area contributed by atoms with Crippen LogP contribution in [0, 0.1) is 6.92 Å². The van der Waals surface area contributed by atoms with Crippen molar-refractivity contribution < 1.29 is 0 Å². The summed E-state index contributed by atoms with van der Waals surface area (Å²) in [4.78, 5) is 2.38. The van der Waals surface area contributed by atoms with E-state index in [1.165, 1.54) is 37.7 Å². The first kappa shape index (κ1) is 20.0. The molecule has 1 atom stereocenters. The Kier molecular flexibility index (Phi) is 5.94. The quantitative estimate of drug-likeness (QED) is 0.630. The molecule has 1 fully saturated rings. The van der Waals surface area contributed by atoms with E-state index in [0.717, 1.165) is 40.2 Å².